The first-order valence-electron chi connectivity index (χ1n) is 6.70. The maximum absolute atomic E-state index is 12.7. The second kappa shape index (κ2) is 5.91. The summed E-state index contributed by atoms with van der Waals surface area (Å²) in [5.41, 5.74) is 0.862. The lowest BCUT2D eigenvalue weighted by atomic mass is 10.3. The number of thiophene rings is 1. The third-order valence-corrected chi connectivity index (χ3v) is 6.69. The Morgan fingerprint density at radius 3 is 2.74 bits per heavy atom. The van der Waals surface area contributed by atoms with Gasteiger partial charge in [0.15, 0.2) is 0 Å². The first-order valence-corrected chi connectivity index (χ1v) is 9.02. The molecule has 6 heteroatoms. The van der Waals surface area contributed by atoms with Crippen molar-refractivity contribution in [3.63, 3.8) is 0 Å². The molecule has 2 rings (SSSR count). The first kappa shape index (κ1) is 15.0. The van der Waals surface area contributed by atoms with E-state index in [1.165, 1.54) is 15.6 Å². The number of aryl methyl sites for hydroxylation is 1. The molecule has 1 aromatic rings. The average molecular weight is 302 g/mol. The van der Waals surface area contributed by atoms with Crippen molar-refractivity contribution < 1.29 is 8.42 Å². The zero-order valence-electron chi connectivity index (χ0n) is 11.8. The van der Waals surface area contributed by atoms with Gasteiger partial charge in [-0.2, -0.15) is 0 Å². The zero-order chi connectivity index (χ0) is 14.0. The summed E-state index contributed by atoms with van der Waals surface area (Å²) in [6, 6.07) is 0. The molecule has 0 bridgehead atoms. The van der Waals surface area contributed by atoms with Gasteiger partial charge in [-0.15, -0.1) is 11.3 Å². The zero-order valence-corrected chi connectivity index (χ0v) is 13.4. The smallest absolute Gasteiger partial charge is 0.244 e. The van der Waals surface area contributed by atoms with Crippen molar-refractivity contribution >= 4 is 21.4 Å². The monoisotopic (exact) mass is 302 g/mol. The van der Waals surface area contributed by atoms with Crippen molar-refractivity contribution in [1.29, 1.82) is 0 Å². The summed E-state index contributed by atoms with van der Waals surface area (Å²) in [6.45, 7) is 6.02. The third-order valence-electron chi connectivity index (χ3n) is 3.41. The van der Waals surface area contributed by atoms with Crippen molar-refractivity contribution in [3.8, 4) is 0 Å². The Bertz CT molecular complexity index is 533. The Kier molecular flexibility index (Phi) is 4.66. The summed E-state index contributed by atoms with van der Waals surface area (Å²) in [7, 11) is -1.64. The van der Waals surface area contributed by atoms with E-state index < -0.39 is 10.0 Å². The molecule has 108 valence electrons. The lowest BCUT2D eigenvalue weighted by Crippen LogP contribution is -2.30. The second-order valence-electron chi connectivity index (χ2n) is 5.18. The molecule has 0 radical (unpaired) electrons. The van der Waals surface area contributed by atoms with Crippen LogP contribution in [-0.2, 0) is 16.6 Å². The average Bonchev–Trinajstić information content (AvgIpc) is 3.08. The van der Waals surface area contributed by atoms with Gasteiger partial charge in [0, 0.05) is 25.0 Å². The predicted molar refractivity (Wildman–Crippen MR) is 79.0 cm³/mol. The molecule has 19 heavy (non-hydrogen) atoms. The van der Waals surface area contributed by atoms with Crippen LogP contribution in [0.15, 0.2) is 10.3 Å². The molecule has 0 aromatic carbocycles. The Morgan fingerprint density at radius 2 is 2.16 bits per heavy atom. The molecule has 1 fully saturated rings. The SMILES string of the molecule is CCNCc1scc(C)c1S(=O)(=O)N(C)CC1CC1. The van der Waals surface area contributed by atoms with Gasteiger partial charge in [0.05, 0.1) is 0 Å². The van der Waals surface area contributed by atoms with Crippen molar-refractivity contribution in [2.75, 3.05) is 20.1 Å². The van der Waals surface area contributed by atoms with Crippen LogP contribution in [0, 0.1) is 12.8 Å². The Hall–Kier alpha value is -0.430. The number of sulfonamides is 1. The molecule has 0 spiro atoms. The molecule has 1 N–H and O–H groups in total. The highest BCUT2D eigenvalue weighted by Gasteiger charge is 2.31. The van der Waals surface area contributed by atoms with E-state index in [1.54, 1.807) is 7.05 Å². The molecule has 0 atom stereocenters. The van der Waals surface area contributed by atoms with Crippen LogP contribution in [0.5, 0.6) is 0 Å². The van der Waals surface area contributed by atoms with Gasteiger partial charge in [0.25, 0.3) is 0 Å². The predicted octanol–water partition coefficient (Wildman–Crippen LogP) is 2.20. The van der Waals surface area contributed by atoms with E-state index in [0.717, 1.165) is 29.8 Å². The minimum Gasteiger partial charge on any atom is -0.312 e. The van der Waals surface area contributed by atoms with E-state index in [9.17, 15) is 8.42 Å². The molecular weight excluding hydrogens is 280 g/mol. The van der Waals surface area contributed by atoms with Crippen molar-refractivity contribution in [2.45, 2.75) is 38.1 Å². The summed E-state index contributed by atoms with van der Waals surface area (Å²) >= 11 is 1.53. The van der Waals surface area contributed by atoms with E-state index >= 15 is 0 Å². The van der Waals surface area contributed by atoms with Crippen LogP contribution in [0.4, 0.5) is 0 Å². The van der Waals surface area contributed by atoms with Gasteiger partial charge in [-0.3, -0.25) is 0 Å². The van der Waals surface area contributed by atoms with Gasteiger partial charge < -0.3 is 5.32 Å². The first-order chi connectivity index (χ1) is 8.96. The molecule has 1 aliphatic rings. The van der Waals surface area contributed by atoms with Gasteiger partial charge in [-0.25, -0.2) is 12.7 Å². The van der Waals surface area contributed by atoms with Gasteiger partial charge in [-0.05, 0) is 43.2 Å². The fraction of sp³-hybridized carbons (Fsp3) is 0.692. The Labute approximate surface area is 119 Å². The summed E-state index contributed by atoms with van der Waals surface area (Å²) in [4.78, 5) is 1.43. The standard InChI is InChI=1S/C13H22N2O2S2/c1-4-14-7-12-13(10(2)9-18-12)19(16,17)15(3)8-11-5-6-11/h9,11,14H,4-8H2,1-3H3. The van der Waals surface area contributed by atoms with Gasteiger partial charge in [-0.1, -0.05) is 6.92 Å². The summed E-state index contributed by atoms with van der Waals surface area (Å²) in [5, 5.41) is 5.14. The van der Waals surface area contributed by atoms with Crippen LogP contribution >= 0.6 is 11.3 Å². The van der Waals surface area contributed by atoms with Crippen LogP contribution < -0.4 is 5.32 Å². The van der Waals surface area contributed by atoms with Gasteiger partial charge in [0.2, 0.25) is 10.0 Å². The van der Waals surface area contributed by atoms with Crippen LogP contribution in [0.25, 0.3) is 0 Å². The molecule has 4 nitrogen and oxygen atoms in total. The number of rotatable bonds is 7. The van der Waals surface area contributed by atoms with Crippen LogP contribution in [-0.4, -0.2) is 32.9 Å². The number of nitrogens with one attached hydrogen (secondary N) is 1. The highest BCUT2D eigenvalue weighted by molar-refractivity contribution is 7.89. The van der Waals surface area contributed by atoms with Gasteiger partial charge >= 0.3 is 0 Å². The molecule has 1 aromatic heterocycles. The third kappa shape index (κ3) is 3.37. The van der Waals surface area contributed by atoms with Crippen LogP contribution in [0.3, 0.4) is 0 Å². The maximum atomic E-state index is 12.7. The van der Waals surface area contributed by atoms with Crippen LogP contribution in [0.1, 0.15) is 30.2 Å². The fourth-order valence-electron chi connectivity index (χ4n) is 2.11. The highest BCUT2D eigenvalue weighted by Crippen LogP contribution is 2.33. The largest absolute Gasteiger partial charge is 0.312 e. The number of hydrogen-bond donors (Lipinski definition) is 1. The minimum absolute atomic E-state index is 0.515. The molecule has 1 saturated carbocycles. The van der Waals surface area contributed by atoms with E-state index in [-0.39, 0.29) is 0 Å². The van der Waals surface area contributed by atoms with E-state index in [0.29, 0.717) is 23.9 Å². The molecule has 0 amide bonds. The lowest BCUT2D eigenvalue weighted by molar-refractivity contribution is 0.452. The molecule has 1 aliphatic carbocycles. The summed E-state index contributed by atoms with van der Waals surface area (Å²) < 4.78 is 26.9. The van der Waals surface area contributed by atoms with E-state index in [4.69, 9.17) is 0 Å². The maximum Gasteiger partial charge on any atom is 0.244 e. The Morgan fingerprint density at radius 1 is 1.47 bits per heavy atom. The van der Waals surface area contributed by atoms with Crippen molar-refractivity contribution in [3.05, 3.63) is 15.8 Å². The van der Waals surface area contributed by atoms with E-state index in [1.807, 2.05) is 19.2 Å². The van der Waals surface area contributed by atoms with Crippen molar-refractivity contribution in [1.82, 2.24) is 9.62 Å². The minimum atomic E-state index is -3.34. The number of nitrogens with zero attached hydrogens (tertiary/aromatic N) is 1. The molecule has 1 heterocycles. The highest BCUT2D eigenvalue weighted by atomic mass is 32.2. The molecule has 0 aliphatic heterocycles. The van der Waals surface area contributed by atoms with E-state index in [2.05, 4.69) is 5.32 Å². The topological polar surface area (TPSA) is 49.4 Å². The summed E-state index contributed by atoms with van der Waals surface area (Å²) in [6.07, 6.45) is 2.32. The second-order valence-corrected chi connectivity index (χ2v) is 8.13. The van der Waals surface area contributed by atoms with Crippen molar-refractivity contribution in [2.24, 2.45) is 5.92 Å². The molecule has 0 unspecified atom stereocenters. The van der Waals surface area contributed by atoms with Crippen LogP contribution in [0.2, 0.25) is 0 Å². The lowest BCUT2D eigenvalue weighted by Gasteiger charge is -2.18. The Balaban J connectivity index is 2.24. The summed E-state index contributed by atoms with van der Waals surface area (Å²) in [5.74, 6) is 0.566. The fourth-order valence-corrected chi connectivity index (χ4v) is 5.08. The number of hydrogen-bond acceptors (Lipinski definition) is 4. The molecular formula is C13H22N2O2S2. The molecule has 0 saturated heterocycles. The van der Waals surface area contributed by atoms with Gasteiger partial charge in [0.1, 0.15) is 4.90 Å². The normalized spacial score (nSPS) is 16.2. The quantitative estimate of drug-likeness (QED) is 0.840.